The van der Waals surface area contributed by atoms with Crippen molar-refractivity contribution in [3.63, 3.8) is 0 Å². The molecule has 4 N–H and O–H groups in total. The Hall–Kier alpha value is -4.92. The van der Waals surface area contributed by atoms with Gasteiger partial charge in [-0.05, 0) is 50.2 Å². The Labute approximate surface area is 243 Å². The van der Waals surface area contributed by atoms with Crippen molar-refractivity contribution < 1.29 is 52.1 Å². The molecule has 3 aromatic rings. The molecule has 43 heavy (non-hydrogen) atoms. The van der Waals surface area contributed by atoms with Gasteiger partial charge in [-0.1, -0.05) is 18.2 Å². The smallest absolute Gasteiger partial charge is 0.489 e. The van der Waals surface area contributed by atoms with Gasteiger partial charge in [-0.2, -0.15) is 13.2 Å². The number of carbonyl (C=O) groups excluding carboxylic acids is 3. The number of aliphatic carboxylic acids is 1. The van der Waals surface area contributed by atoms with Crippen LogP contribution in [0, 0.1) is 12.8 Å². The molecule has 3 amide bonds. The van der Waals surface area contributed by atoms with Gasteiger partial charge in [0.1, 0.15) is 12.4 Å². The second kappa shape index (κ2) is 14.3. The first-order valence-corrected chi connectivity index (χ1v) is 12.9. The first kappa shape index (κ1) is 32.6. The van der Waals surface area contributed by atoms with Crippen LogP contribution in [0.5, 0.6) is 5.75 Å². The minimum atomic E-state index is -5.08. The predicted molar refractivity (Wildman–Crippen MR) is 144 cm³/mol. The number of carbonyl (C=O) groups is 4. The van der Waals surface area contributed by atoms with Crippen LogP contribution in [-0.4, -0.2) is 76.0 Å². The Morgan fingerprint density at radius 1 is 1.07 bits per heavy atom. The highest BCUT2D eigenvalue weighted by Crippen LogP contribution is 2.22. The highest BCUT2D eigenvalue weighted by molar-refractivity contribution is 5.95. The molecule has 2 atom stereocenters. The number of hydrogen-bond acceptors (Lipinski definition) is 8. The highest BCUT2D eigenvalue weighted by Gasteiger charge is 2.41. The van der Waals surface area contributed by atoms with Gasteiger partial charge >= 0.3 is 18.2 Å². The Kier molecular flexibility index (Phi) is 10.8. The van der Waals surface area contributed by atoms with Gasteiger partial charge in [0.15, 0.2) is 0 Å². The van der Waals surface area contributed by atoms with Gasteiger partial charge in [-0.25, -0.2) is 15.1 Å². The van der Waals surface area contributed by atoms with Crippen LogP contribution in [0.2, 0.25) is 0 Å². The zero-order valence-corrected chi connectivity index (χ0v) is 23.1. The third kappa shape index (κ3) is 8.78. The van der Waals surface area contributed by atoms with E-state index in [1.807, 2.05) is 37.3 Å². The van der Waals surface area contributed by atoms with Crippen LogP contribution in [-0.2, 0) is 20.9 Å². The number of hydroxylamine groups is 1. The summed E-state index contributed by atoms with van der Waals surface area (Å²) in [5.74, 6) is -4.08. The lowest BCUT2D eigenvalue weighted by Gasteiger charge is -2.18. The lowest BCUT2D eigenvalue weighted by atomic mass is 10.0. The molecule has 2 heterocycles. The maximum atomic E-state index is 12.8. The van der Waals surface area contributed by atoms with Crippen LogP contribution in [0.15, 0.2) is 54.6 Å². The summed E-state index contributed by atoms with van der Waals surface area (Å²) in [6.07, 6.45) is -5.66. The standard InChI is InChI=1S/C26H28N4O6.C2HF3O2/c1-3-35-26(33)30-13-21(25(32)29-34)23(14-30)28-24(31)17-8-10-19(11-9-17)36-15-18-12-16(2)27-22-7-5-4-6-20(18)22;3-2(4,5)1(6)7/h4-12,21,23,34H,3,13-15H2,1-2H3,(H,28,31)(H,29,32);(H,6,7)/t21-,23+;/m0./s1. The van der Waals surface area contributed by atoms with Gasteiger partial charge in [-0.3, -0.25) is 19.8 Å². The Morgan fingerprint density at radius 3 is 2.33 bits per heavy atom. The zero-order chi connectivity index (χ0) is 31.7. The van der Waals surface area contributed by atoms with Crippen molar-refractivity contribution in [3.05, 3.63) is 71.4 Å². The molecule has 0 radical (unpaired) electrons. The predicted octanol–water partition coefficient (Wildman–Crippen LogP) is 3.45. The molecule has 1 aromatic heterocycles. The largest absolute Gasteiger partial charge is 0.490 e. The molecule has 1 fully saturated rings. The number of amides is 3. The van der Waals surface area contributed by atoms with Crippen molar-refractivity contribution in [1.82, 2.24) is 20.7 Å². The summed E-state index contributed by atoms with van der Waals surface area (Å²) >= 11 is 0. The number of carboxylic acid groups (broad SMARTS) is 1. The summed E-state index contributed by atoms with van der Waals surface area (Å²) in [7, 11) is 0. The lowest BCUT2D eigenvalue weighted by molar-refractivity contribution is -0.192. The molecule has 1 aliphatic heterocycles. The number of likely N-dealkylation sites (tertiary alicyclic amines) is 1. The fourth-order valence-corrected chi connectivity index (χ4v) is 4.29. The number of pyridine rings is 1. The van der Waals surface area contributed by atoms with Crippen LogP contribution in [0.25, 0.3) is 10.9 Å². The van der Waals surface area contributed by atoms with E-state index in [9.17, 15) is 27.6 Å². The third-order valence-corrected chi connectivity index (χ3v) is 6.29. The molecule has 1 saturated heterocycles. The van der Waals surface area contributed by atoms with Crippen molar-refractivity contribution in [2.24, 2.45) is 5.92 Å². The van der Waals surface area contributed by atoms with Crippen molar-refractivity contribution in [2.45, 2.75) is 32.7 Å². The van der Waals surface area contributed by atoms with E-state index < -0.39 is 42.0 Å². The first-order chi connectivity index (χ1) is 20.3. The summed E-state index contributed by atoms with van der Waals surface area (Å²) in [4.78, 5) is 51.8. The van der Waals surface area contributed by atoms with E-state index in [-0.39, 0.29) is 19.7 Å². The number of carboxylic acids is 1. The fraction of sp³-hybridized carbons (Fsp3) is 0.321. The maximum absolute atomic E-state index is 12.8. The summed E-state index contributed by atoms with van der Waals surface area (Å²) in [6, 6.07) is 15.8. The monoisotopic (exact) mass is 606 g/mol. The molecule has 0 spiro atoms. The van der Waals surface area contributed by atoms with E-state index in [1.54, 1.807) is 36.7 Å². The number of halogens is 3. The summed E-state index contributed by atoms with van der Waals surface area (Å²) < 4.78 is 42.7. The van der Waals surface area contributed by atoms with Gasteiger partial charge in [-0.15, -0.1) is 0 Å². The van der Waals surface area contributed by atoms with Gasteiger partial charge < -0.3 is 24.8 Å². The Bertz CT molecular complexity index is 1470. The minimum Gasteiger partial charge on any atom is -0.489 e. The number of para-hydroxylation sites is 1. The molecule has 2 aromatic carbocycles. The molecule has 230 valence electrons. The van der Waals surface area contributed by atoms with E-state index in [2.05, 4.69) is 10.3 Å². The molecular formula is C28H29F3N4O8. The number of aromatic nitrogens is 1. The Morgan fingerprint density at radius 2 is 1.72 bits per heavy atom. The van der Waals surface area contributed by atoms with E-state index in [4.69, 9.17) is 24.6 Å². The number of nitrogens with zero attached hydrogens (tertiary/aromatic N) is 2. The molecular weight excluding hydrogens is 577 g/mol. The number of fused-ring (bicyclic) bond motifs is 1. The van der Waals surface area contributed by atoms with Gasteiger partial charge in [0.25, 0.3) is 5.91 Å². The fourth-order valence-electron chi connectivity index (χ4n) is 4.29. The Balaban J connectivity index is 0.000000646. The molecule has 4 rings (SSSR count). The number of benzene rings is 2. The number of aryl methyl sites for hydroxylation is 1. The average Bonchev–Trinajstić information content (AvgIpc) is 3.39. The van der Waals surface area contributed by atoms with Crippen LogP contribution in [0.3, 0.4) is 0 Å². The highest BCUT2D eigenvalue weighted by atomic mass is 19.4. The zero-order valence-electron chi connectivity index (χ0n) is 23.1. The molecule has 1 aliphatic rings. The third-order valence-electron chi connectivity index (χ3n) is 6.29. The second-order valence-corrected chi connectivity index (χ2v) is 9.32. The minimum absolute atomic E-state index is 0.0200. The van der Waals surface area contributed by atoms with Gasteiger partial charge in [0.2, 0.25) is 5.91 Å². The second-order valence-electron chi connectivity index (χ2n) is 9.32. The van der Waals surface area contributed by atoms with Crippen molar-refractivity contribution in [2.75, 3.05) is 19.7 Å². The topological polar surface area (TPSA) is 167 Å². The van der Waals surface area contributed by atoms with Crippen LogP contribution in [0.4, 0.5) is 18.0 Å². The van der Waals surface area contributed by atoms with Gasteiger partial charge in [0.05, 0.1) is 24.1 Å². The summed E-state index contributed by atoms with van der Waals surface area (Å²) in [5, 5.41) is 20.0. The molecule has 0 aliphatic carbocycles. The number of hydrogen-bond donors (Lipinski definition) is 4. The normalized spacial score (nSPS) is 16.1. The van der Waals surface area contributed by atoms with E-state index in [0.29, 0.717) is 17.9 Å². The van der Waals surface area contributed by atoms with Crippen molar-refractivity contribution in [3.8, 4) is 5.75 Å². The SMILES string of the molecule is CCOC(=O)N1C[C@H](C(=O)NO)[C@H](NC(=O)c2ccc(OCc3cc(C)nc4ccccc34)cc2)C1.O=C(O)C(F)(F)F. The van der Waals surface area contributed by atoms with Crippen molar-refractivity contribution >= 4 is 34.8 Å². The maximum Gasteiger partial charge on any atom is 0.490 e. The van der Waals surface area contributed by atoms with Crippen LogP contribution >= 0.6 is 0 Å². The average molecular weight is 607 g/mol. The molecule has 12 nitrogen and oxygen atoms in total. The quantitative estimate of drug-likeness (QED) is 0.233. The molecule has 0 unspecified atom stereocenters. The lowest BCUT2D eigenvalue weighted by Crippen LogP contribution is -2.45. The number of alkyl halides is 3. The number of ether oxygens (including phenoxy) is 2. The van der Waals surface area contributed by atoms with E-state index in [0.717, 1.165) is 22.2 Å². The van der Waals surface area contributed by atoms with Gasteiger partial charge in [0, 0.05) is 35.3 Å². The summed E-state index contributed by atoms with van der Waals surface area (Å²) in [5.41, 5.74) is 4.79. The van der Waals surface area contributed by atoms with Crippen LogP contribution in [0.1, 0.15) is 28.5 Å². The number of nitrogens with one attached hydrogen (secondary N) is 2. The van der Waals surface area contributed by atoms with Crippen molar-refractivity contribution in [1.29, 1.82) is 0 Å². The first-order valence-electron chi connectivity index (χ1n) is 12.9. The molecule has 0 bridgehead atoms. The van der Waals surface area contributed by atoms with E-state index in [1.165, 1.54) is 4.90 Å². The molecule has 15 heteroatoms. The van der Waals surface area contributed by atoms with Crippen LogP contribution < -0.4 is 15.5 Å². The molecule has 0 saturated carbocycles. The number of rotatable bonds is 7. The van der Waals surface area contributed by atoms with E-state index >= 15 is 0 Å². The summed E-state index contributed by atoms with van der Waals surface area (Å²) in [6.45, 7) is 4.26.